The first kappa shape index (κ1) is 15.0. The highest BCUT2D eigenvalue weighted by molar-refractivity contribution is 5.90. The molecule has 2 unspecified atom stereocenters. The number of ether oxygens (including phenoxy) is 2. The summed E-state index contributed by atoms with van der Waals surface area (Å²) < 4.78 is 10.3. The van der Waals surface area contributed by atoms with Gasteiger partial charge in [-0.2, -0.15) is 0 Å². The summed E-state index contributed by atoms with van der Waals surface area (Å²) in [6.07, 6.45) is -0.156. The fourth-order valence-corrected chi connectivity index (χ4v) is 2.39. The summed E-state index contributed by atoms with van der Waals surface area (Å²) in [5.74, 6) is -0.319. The van der Waals surface area contributed by atoms with Crippen molar-refractivity contribution >= 4 is 5.97 Å². The van der Waals surface area contributed by atoms with Gasteiger partial charge < -0.3 is 14.6 Å². The van der Waals surface area contributed by atoms with E-state index in [0.717, 1.165) is 5.56 Å². The van der Waals surface area contributed by atoms with Crippen molar-refractivity contribution in [1.29, 1.82) is 0 Å². The van der Waals surface area contributed by atoms with E-state index in [9.17, 15) is 9.90 Å². The van der Waals surface area contributed by atoms with E-state index >= 15 is 0 Å². The summed E-state index contributed by atoms with van der Waals surface area (Å²) in [4.78, 5) is 14.0. The molecule has 0 amide bonds. The number of morpholine rings is 1. The SMILES string of the molecule is COC(=O)c1ccccc1CN1CC(CO)OCC1C. The van der Waals surface area contributed by atoms with Crippen molar-refractivity contribution in [3.63, 3.8) is 0 Å². The van der Waals surface area contributed by atoms with Gasteiger partial charge in [-0.1, -0.05) is 18.2 Å². The number of nitrogens with zero attached hydrogens (tertiary/aromatic N) is 1. The van der Waals surface area contributed by atoms with Crippen molar-refractivity contribution in [2.75, 3.05) is 26.9 Å². The highest BCUT2D eigenvalue weighted by atomic mass is 16.5. The third-order valence-electron chi connectivity index (χ3n) is 3.63. The van der Waals surface area contributed by atoms with E-state index in [4.69, 9.17) is 9.47 Å². The Labute approximate surface area is 119 Å². The number of benzene rings is 1. The van der Waals surface area contributed by atoms with E-state index < -0.39 is 0 Å². The van der Waals surface area contributed by atoms with Crippen molar-refractivity contribution in [1.82, 2.24) is 4.90 Å². The van der Waals surface area contributed by atoms with Crippen LogP contribution in [0.2, 0.25) is 0 Å². The molecule has 2 atom stereocenters. The van der Waals surface area contributed by atoms with Crippen molar-refractivity contribution in [2.24, 2.45) is 0 Å². The maximum atomic E-state index is 11.8. The Morgan fingerprint density at radius 3 is 2.95 bits per heavy atom. The molecule has 1 heterocycles. The molecule has 1 aliphatic heterocycles. The summed E-state index contributed by atoms with van der Waals surface area (Å²) in [5, 5.41) is 9.22. The van der Waals surface area contributed by atoms with E-state index in [1.54, 1.807) is 6.07 Å². The summed E-state index contributed by atoms with van der Waals surface area (Å²) >= 11 is 0. The van der Waals surface area contributed by atoms with Crippen LogP contribution in [0.5, 0.6) is 0 Å². The smallest absolute Gasteiger partial charge is 0.338 e. The van der Waals surface area contributed by atoms with Gasteiger partial charge in [-0.15, -0.1) is 0 Å². The van der Waals surface area contributed by atoms with Gasteiger partial charge in [0.2, 0.25) is 0 Å². The molecule has 110 valence electrons. The van der Waals surface area contributed by atoms with Crippen LogP contribution < -0.4 is 0 Å². The molecule has 2 rings (SSSR count). The van der Waals surface area contributed by atoms with Gasteiger partial charge in [0.15, 0.2) is 0 Å². The van der Waals surface area contributed by atoms with Crippen molar-refractivity contribution in [3.05, 3.63) is 35.4 Å². The molecule has 1 aromatic rings. The second kappa shape index (κ2) is 6.83. The van der Waals surface area contributed by atoms with E-state index in [2.05, 4.69) is 11.8 Å². The van der Waals surface area contributed by atoms with Gasteiger partial charge in [-0.05, 0) is 18.6 Å². The van der Waals surface area contributed by atoms with Crippen LogP contribution in [0.25, 0.3) is 0 Å². The minimum absolute atomic E-state index is 0.0157. The zero-order valence-electron chi connectivity index (χ0n) is 11.9. The molecule has 1 aliphatic rings. The van der Waals surface area contributed by atoms with Crippen molar-refractivity contribution in [3.8, 4) is 0 Å². The summed E-state index contributed by atoms with van der Waals surface area (Å²) in [7, 11) is 1.39. The number of methoxy groups -OCH3 is 1. The fourth-order valence-electron chi connectivity index (χ4n) is 2.39. The highest BCUT2D eigenvalue weighted by Crippen LogP contribution is 2.18. The summed E-state index contributed by atoms with van der Waals surface area (Å²) in [5.41, 5.74) is 1.53. The van der Waals surface area contributed by atoms with Crippen molar-refractivity contribution in [2.45, 2.75) is 25.6 Å². The monoisotopic (exact) mass is 279 g/mol. The second-order valence-electron chi connectivity index (χ2n) is 5.07. The van der Waals surface area contributed by atoms with Crippen LogP contribution in [0.4, 0.5) is 0 Å². The Morgan fingerprint density at radius 2 is 2.25 bits per heavy atom. The van der Waals surface area contributed by atoms with E-state index in [1.807, 2.05) is 18.2 Å². The van der Waals surface area contributed by atoms with Gasteiger partial charge in [0.1, 0.15) is 0 Å². The molecule has 1 N–H and O–H groups in total. The van der Waals surface area contributed by atoms with Crippen molar-refractivity contribution < 1.29 is 19.4 Å². The first-order valence-corrected chi connectivity index (χ1v) is 6.78. The largest absolute Gasteiger partial charge is 0.465 e. The number of carbonyl (C=O) groups excluding carboxylic acids is 1. The van der Waals surface area contributed by atoms with Crippen LogP contribution in [0.3, 0.4) is 0 Å². The molecule has 0 saturated carbocycles. The number of hydrogen-bond donors (Lipinski definition) is 1. The van der Waals surface area contributed by atoms with Gasteiger partial charge >= 0.3 is 5.97 Å². The van der Waals surface area contributed by atoms with Gasteiger partial charge in [0, 0.05) is 19.1 Å². The van der Waals surface area contributed by atoms with Gasteiger partial charge in [-0.25, -0.2) is 4.79 Å². The lowest BCUT2D eigenvalue weighted by atomic mass is 10.1. The van der Waals surface area contributed by atoms with Crippen LogP contribution in [0.15, 0.2) is 24.3 Å². The molecule has 5 heteroatoms. The average Bonchev–Trinajstić information content (AvgIpc) is 2.49. The number of hydrogen-bond acceptors (Lipinski definition) is 5. The zero-order chi connectivity index (χ0) is 14.5. The zero-order valence-corrected chi connectivity index (χ0v) is 11.9. The van der Waals surface area contributed by atoms with Gasteiger partial charge in [0.05, 0.1) is 32.0 Å². The van der Waals surface area contributed by atoms with Crippen LogP contribution in [-0.4, -0.2) is 55.0 Å². The number of esters is 1. The lowest BCUT2D eigenvalue weighted by molar-refractivity contribution is -0.0806. The van der Waals surface area contributed by atoms with Crippen LogP contribution >= 0.6 is 0 Å². The van der Waals surface area contributed by atoms with E-state index in [-0.39, 0.29) is 24.7 Å². The number of rotatable bonds is 4. The van der Waals surface area contributed by atoms with Crippen LogP contribution in [0, 0.1) is 0 Å². The molecular weight excluding hydrogens is 258 g/mol. The molecule has 0 aromatic heterocycles. The molecular formula is C15H21NO4. The third kappa shape index (κ3) is 3.36. The normalized spacial score (nSPS) is 23.6. The first-order valence-electron chi connectivity index (χ1n) is 6.78. The summed E-state index contributed by atoms with van der Waals surface area (Å²) in [6, 6.07) is 7.70. The topological polar surface area (TPSA) is 59.0 Å². The highest BCUT2D eigenvalue weighted by Gasteiger charge is 2.26. The Kier molecular flexibility index (Phi) is 5.11. The Morgan fingerprint density at radius 1 is 1.50 bits per heavy atom. The van der Waals surface area contributed by atoms with Crippen LogP contribution in [0.1, 0.15) is 22.8 Å². The second-order valence-corrected chi connectivity index (χ2v) is 5.07. The molecule has 20 heavy (non-hydrogen) atoms. The maximum Gasteiger partial charge on any atom is 0.338 e. The average molecular weight is 279 g/mol. The molecule has 1 saturated heterocycles. The Hall–Kier alpha value is -1.43. The Bertz CT molecular complexity index is 463. The van der Waals surface area contributed by atoms with E-state index in [1.165, 1.54) is 7.11 Å². The number of carbonyl (C=O) groups is 1. The quantitative estimate of drug-likeness (QED) is 0.835. The fraction of sp³-hybridized carbons (Fsp3) is 0.533. The third-order valence-corrected chi connectivity index (χ3v) is 3.63. The molecule has 0 spiro atoms. The Balaban J connectivity index is 2.14. The lowest BCUT2D eigenvalue weighted by Gasteiger charge is -2.37. The molecule has 0 bridgehead atoms. The first-order chi connectivity index (χ1) is 9.65. The molecule has 0 radical (unpaired) electrons. The van der Waals surface area contributed by atoms with Crippen LogP contribution in [-0.2, 0) is 16.0 Å². The molecule has 5 nitrogen and oxygen atoms in total. The minimum atomic E-state index is -0.319. The minimum Gasteiger partial charge on any atom is -0.465 e. The molecule has 1 fully saturated rings. The number of aliphatic hydroxyl groups is 1. The summed E-state index contributed by atoms with van der Waals surface area (Å²) in [6.45, 7) is 3.99. The van der Waals surface area contributed by atoms with Gasteiger partial charge in [-0.3, -0.25) is 4.90 Å². The lowest BCUT2D eigenvalue weighted by Crippen LogP contribution is -2.49. The molecule has 0 aliphatic carbocycles. The standard InChI is InChI=1S/C15H21NO4/c1-11-10-20-13(9-17)8-16(11)7-12-5-3-4-6-14(12)15(18)19-2/h3-6,11,13,17H,7-10H2,1-2H3. The number of aliphatic hydroxyl groups excluding tert-OH is 1. The predicted octanol–water partition coefficient (Wildman–Crippen LogP) is 1.05. The van der Waals surface area contributed by atoms with E-state index in [0.29, 0.717) is 25.3 Å². The van der Waals surface area contributed by atoms with Gasteiger partial charge in [0.25, 0.3) is 0 Å². The maximum absolute atomic E-state index is 11.8. The predicted molar refractivity (Wildman–Crippen MR) is 74.5 cm³/mol. The molecule has 1 aromatic carbocycles.